The van der Waals surface area contributed by atoms with Gasteiger partial charge in [-0.05, 0) is 40.2 Å². The number of anilines is 1. The molecule has 0 atom stereocenters. The molecule has 1 amide bonds. The number of carbonyl (C=O) groups is 1. The number of nitrogens with one attached hydrogen (secondary N) is 1. The number of carbonyl (C=O) groups excluding carboxylic acids is 1. The van der Waals surface area contributed by atoms with Gasteiger partial charge in [-0.25, -0.2) is 0 Å². The fourth-order valence-corrected chi connectivity index (χ4v) is 1.88. The van der Waals surface area contributed by atoms with Gasteiger partial charge in [0.15, 0.2) is 6.61 Å². The molecule has 23 heavy (non-hydrogen) atoms. The summed E-state index contributed by atoms with van der Waals surface area (Å²) >= 11 is 5.85. The Hall–Kier alpha value is -3.18. The van der Waals surface area contributed by atoms with E-state index in [0.717, 1.165) is 0 Å². The number of halogens is 1. The molecule has 9 heteroatoms. The molecule has 0 radical (unpaired) electrons. The number of nitro groups is 1. The number of aromatic nitrogens is 1. The van der Waals surface area contributed by atoms with Gasteiger partial charge in [-0.2, -0.15) is 5.26 Å². The number of hydrogen-bond donors (Lipinski definition) is 1. The molecule has 116 valence electrons. The summed E-state index contributed by atoms with van der Waals surface area (Å²) in [6.07, 6.45) is 1.25. The van der Waals surface area contributed by atoms with Crippen LogP contribution in [0.3, 0.4) is 0 Å². The smallest absolute Gasteiger partial charge is 0.406 e. The third-order valence-corrected chi connectivity index (χ3v) is 2.97. The normalized spacial score (nSPS) is 9.74. The van der Waals surface area contributed by atoms with Gasteiger partial charge in [0.1, 0.15) is 12.3 Å². The van der Waals surface area contributed by atoms with E-state index in [-0.39, 0.29) is 16.3 Å². The predicted molar refractivity (Wildman–Crippen MR) is 81.2 cm³/mol. The first-order valence-electron chi connectivity index (χ1n) is 6.23. The molecule has 2 aromatic rings. The number of nitriles is 1. The summed E-state index contributed by atoms with van der Waals surface area (Å²) in [6.45, 7) is -0.440. The van der Waals surface area contributed by atoms with Crippen LogP contribution in [-0.4, -0.2) is 22.4 Å². The fourth-order valence-electron chi connectivity index (χ4n) is 1.66. The van der Waals surface area contributed by atoms with Gasteiger partial charge in [0.2, 0.25) is 5.75 Å². The van der Waals surface area contributed by atoms with Crippen molar-refractivity contribution < 1.29 is 14.5 Å². The zero-order chi connectivity index (χ0) is 16.8. The molecular weight excluding hydrogens is 324 g/mol. The van der Waals surface area contributed by atoms with E-state index in [1.54, 1.807) is 0 Å². The number of ether oxygens (including phenoxy) is 1. The maximum absolute atomic E-state index is 11.8. The molecule has 0 bridgehead atoms. The zero-order valence-corrected chi connectivity index (χ0v) is 12.3. The lowest BCUT2D eigenvalue weighted by Gasteiger charge is -2.08. The van der Waals surface area contributed by atoms with Gasteiger partial charge < -0.3 is 20.2 Å². The maximum atomic E-state index is 11.8. The number of amides is 1. The molecule has 0 aliphatic carbocycles. The Kier molecular flexibility index (Phi) is 5.07. The molecule has 1 aromatic heterocycles. The summed E-state index contributed by atoms with van der Waals surface area (Å²) in [4.78, 5) is 25.4. The van der Waals surface area contributed by atoms with Crippen LogP contribution in [-0.2, 0) is 4.79 Å². The molecule has 2 rings (SSSR count). The van der Waals surface area contributed by atoms with Crippen molar-refractivity contribution in [1.82, 2.24) is 4.98 Å². The minimum absolute atomic E-state index is 0.106. The Morgan fingerprint density at radius 2 is 2.26 bits per heavy atom. The van der Waals surface area contributed by atoms with E-state index in [0.29, 0.717) is 5.69 Å². The van der Waals surface area contributed by atoms with Gasteiger partial charge in [0, 0.05) is 5.69 Å². The summed E-state index contributed by atoms with van der Waals surface area (Å²) in [5, 5.41) is 22.3. The SMILES string of the molecule is N#Cc1ccc(NC(=O)COc2cccnc2[N+](=O)[O-])cc1Cl. The predicted octanol–water partition coefficient (Wildman–Crippen LogP) is 2.53. The van der Waals surface area contributed by atoms with Crippen molar-refractivity contribution in [1.29, 1.82) is 5.26 Å². The van der Waals surface area contributed by atoms with Crippen molar-refractivity contribution in [2.45, 2.75) is 0 Å². The monoisotopic (exact) mass is 332 g/mol. The first kappa shape index (κ1) is 16.2. The van der Waals surface area contributed by atoms with Gasteiger partial charge in [0.25, 0.3) is 5.91 Å². The van der Waals surface area contributed by atoms with Crippen molar-refractivity contribution in [3.63, 3.8) is 0 Å². The Morgan fingerprint density at radius 3 is 2.91 bits per heavy atom. The van der Waals surface area contributed by atoms with E-state index in [4.69, 9.17) is 21.6 Å². The summed E-state index contributed by atoms with van der Waals surface area (Å²) < 4.78 is 5.11. The number of rotatable bonds is 5. The molecule has 0 aliphatic rings. The van der Waals surface area contributed by atoms with E-state index in [1.807, 2.05) is 6.07 Å². The van der Waals surface area contributed by atoms with Crippen LogP contribution in [0.1, 0.15) is 5.56 Å². The fraction of sp³-hybridized carbons (Fsp3) is 0.0714. The van der Waals surface area contributed by atoms with Crippen molar-refractivity contribution in [3.8, 4) is 11.8 Å². The average molecular weight is 333 g/mol. The second-order valence-electron chi connectivity index (χ2n) is 4.23. The van der Waals surface area contributed by atoms with Crippen LogP contribution in [0, 0.1) is 21.4 Å². The minimum atomic E-state index is -0.701. The number of pyridine rings is 1. The summed E-state index contributed by atoms with van der Waals surface area (Å²) in [5.41, 5.74) is 0.662. The molecule has 1 heterocycles. The van der Waals surface area contributed by atoms with Crippen LogP contribution < -0.4 is 10.1 Å². The first-order valence-corrected chi connectivity index (χ1v) is 6.60. The molecule has 0 aliphatic heterocycles. The second kappa shape index (κ2) is 7.20. The van der Waals surface area contributed by atoms with Crippen LogP contribution in [0.25, 0.3) is 0 Å². The Balaban J connectivity index is 2.00. The molecule has 1 aromatic carbocycles. The number of nitrogens with zero attached hydrogens (tertiary/aromatic N) is 3. The molecule has 0 saturated carbocycles. The lowest BCUT2D eigenvalue weighted by Crippen LogP contribution is -2.20. The lowest BCUT2D eigenvalue weighted by molar-refractivity contribution is -0.390. The van der Waals surface area contributed by atoms with E-state index in [1.165, 1.54) is 36.5 Å². The molecule has 1 N–H and O–H groups in total. The van der Waals surface area contributed by atoms with Crippen molar-refractivity contribution in [2.24, 2.45) is 0 Å². The molecular formula is C14H9ClN4O4. The molecule has 8 nitrogen and oxygen atoms in total. The van der Waals surface area contributed by atoms with Crippen LogP contribution in [0.4, 0.5) is 11.5 Å². The van der Waals surface area contributed by atoms with E-state index in [2.05, 4.69) is 10.3 Å². The Morgan fingerprint density at radius 1 is 1.48 bits per heavy atom. The summed E-state index contributed by atoms with van der Waals surface area (Å²) in [7, 11) is 0. The van der Waals surface area contributed by atoms with Crippen LogP contribution in [0.5, 0.6) is 5.75 Å². The Labute approximate surface area is 135 Å². The van der Waals surface area contributed by atoms with Gasteiger partial charge in [0.05, 0.1) is 10.6 Å². The highest BCUT2D eigenvalue weighted by molar-refractivity contribution is 6.32. The van der Waals surface area contributed by atoms with E-state index < -0.39 is 23.3 Å². The van der Waals surface area contributed by atoms with Crippen LogP contribution in [0.15, 0.2) is 36.5 Å². The summed E-state index contributed by atoms with van der Waals surface area (Å²) in [6, 6.07) is 9.10. The lowest BCUT2D eigenvalue weighted by atomic mass is 10.2. The standard InChI is InChI=1S/C14H9ClN4O4/c15-11-6-10(4-3-9(11)7-16)18-13(20)8-23-12-2-1-5-17-14(12)19(21)22/h1-6H,8H2,(H,18,20). The zero-order valence-electron chi connectivity index (χ0n) is 11.5. The van der Waals surface area contributed by atoms with Crippen LogP contribution >= 0.6 is 11.6 Å². The van der Waals surface area contributed by atoms with Gasteiger partial charge in [-0.15, -0.1) is 0 Å². The first-order chi connectivity index (χ1) is 11.0. The van der Waals surface area contributed by atoms with Gasteiger partial charge >= 0.3 is 5.82 Å². The minimum Gasteiger partial charge on any atom is -0.476 e. The van der Waals surface area contributed by atoms with Crippen molar-refractivity contribution >= 4 is 29.0 Å². The highest BCUT2D eigenvalue weighted by Gasteiger charge is 2.16. The molecule has 0 spiro atoms. The molecule has 0 fully saturated rings. The summed E-state index contributed by atoms with van der Waals surface area (Å²) in [5.74, 6) is -1.11. The molecule has 0 saturated heterocycles. The van der Waals surface area contributed by atoms with Gasteiger partial charge in [-0.3, -0.25) is 4.79 Å². The third-order valence-electron chi connectivity index (χ3n) is 2.66. The Bertz CT molecular complexity index is 804. The maximum Gasteiger partial charge on any atom is 0.406 e. The van der Waals surface area contributed by atoms with Crippen LogP contribution in [0.2, 0.25) is 5.02 Å². The number of benzene rings is 1. The largest absolute Gasteiger partial charge is 0.476 e. The second-order valence-corrected chi connectivity index (χ2v) is 4.63. The highest BCUT2D eigenvalue weighted by atomic mass is 35.5. The number of hydrogen-bond acceptors (Lipinski definition) is 6. The van der Waals surface area contributed by atoms with Crippen molar-refractivity contribution in [3.05, 3.63) is 57.2 Å². The van der Waals surface area contributed by atoms with Gasteiger partial charge in [-0.1, -0.05) is 11.6 Å². The quantitative estimate of drug-likeness (QED) is 0.663. The topological polar surface area (TPSA) is 118 Å². The average Bonchev–Trinajstić information content (AvgIpc) is 2.53. The third kappa shape index (κ3) is 4.15. The van der Waals surface area contributed by atoms with E-state index in [9.17, 15) is 14.9 Å². The van der Waals surface area contributed by atoms with E-state index >= 15 is 0 Å². The molecule has 0 unspecified atom stereocenters. The highest BCUT2D eigenvalue weighted by Crippen LogP contribution is 2.23. The van der Waals surface area contributed by atoms with Crippen molar-refractivity contribution in [2.75, 3.05) is 11.9 Å².